The van der Waals surface area contributed by atoms with Crippen molar-refractivity contribution in [1.82, 2.24) is 20.4 Å². The number of piperazine rings is 1. The highest BCUT2D eigenvalue weighted by Gasteiger charge is 2.22. The summed E-state index contributed by atoms with van der Waals surface area (Å²) in [4.78, 5) is 20.5. The van der Waals surface area contributed by atoms with Crippen molar-refractivity contribution in [3.63, 3.8) is 0 Å². The first-order valence-corrected chi connectivity index (χ1v) is 17.9. The third kappa shape index (κ3) is 12.5. The fourth-order valence-corrected chi connectivity index (χ4v) is 7.65. The van der Waals surface area contributed by atoms with Gasteiger partial charge in [-0.2, -0.15) is 0 Å². The van der Waals surface area contributed by atoms with Crippen molar-refractivity contribution in [3.05, 3.63) is 23.2 Å². The lowest BCUT2D eigenvalue weighted by Gasteiger charge is -2.37. The second-order valence-corrected chi connectivity index (χ2v) is 13.9. The number of unbranched alkanes of at least 4 members (excludes halogenated alkanes) is 3. The van der Waals surface area contributed by atoms with Crippen molar-refractivity contribution in [2.75, 3.05) is 45.8 Å². The number of aliphatic imine (C=N–C) groups is 1. The van der Waals surface area contributed by atoms with Crippen LogP contribution in [0.3, 0.4) is 0 Å². The lowest BCUT2D eigenvalue weighted by Crippen LogP contribution is -2.46. The van der Waals surface area contributed by atoms with Crippen molar-refractivity contribution in [2.45, 2.75) is 129 Å². The number of aliphatic carboxylic acids is 1. The molecule has 0 radical (unpaired) electrons. The molecule has 8 nitrogen and oxygen atoms in total. The van der Waals surface area contributed by atoms with E-state index in [1.165, 1.54) is 114 Å². The Morgan fingerprint density at radius 2 is 1.67 bits per heavy atom. The molecule has 0 aromatic rings. The number of nitrogens with one attached hydrogen (secondary N) is 2. The smallest absolute Gasteiger partial charge is 0.304 e. The van der Waals surface area contributed by atoms with Crippen LogP contribution in [0.2, 0.25) is 0 Å². The minimum absolute atomic E-state index is 0.208. The highest BCUT2D eigenvalue weighted by atomic mass is 16.4. The van der Waals surface area contributed by atoms with Crippen molar-refractivity contribution in [3.8, 4) is 0 Å². The van der Waals surface area contributed by atoms with Gasteiger partial charge in [0.15, 0.2) is 0 Å². The Hall–Kier alpha value is -2.06. The predicted octanol–water partition coefficient (Wildman–Crippen LogP) is 6.00. The number of nitrogens with two attached hydrogens (primary N) is 1. The summed E-state index contributed by atoms with van der Waals surface area (Å²) in [6.07, 6.45) is 25.1. The average molecular weight is 599 g/mol. The van der Waals surface area contributed by atoms with Gasteiger partial charge in [-0.3, -0.25) is 14.7 Å². The lowest BCUT2D eigenvalue weighted by molar-refractivity contribution is -0.137. The van der Waals surface area contributed by atoms with E-state index in [9.17, 15) is 4.79 Å². The van der Waals surface area contributed by atoms with E-state index in [-0.39, 0.29) is 6.42 Å². The van der Waals surface area contributed by atoms with E-state index in [1.54, 1.807) is 0 Å². The van der Waals surface area contributed by atoms with Gasteiger partial charge in [0, 0.05) is 63.5 Å². The quantitative estimate of drug-likeness (QED) is 0.171. The van der Waals surface area contributed by atoms with E-state index in [4.69, 9.17) is 15.8 Å². The minimum atomic E-state index is -0.726. The molecule has 0 spiro atoms. The third-order valence-electron chi connectivity index (χ3n) is 10.5. The van der Waals surface area contributed by atoms with Gasteiger partial charge in [-0.15, -0.1) is 0 Å². The summed E-state index contributed by atoms with van der Waals surface area (Å²) in [6, 6.07) is 0.721. The van der Waals surface area contributed by atoms with E-state index in [0.717, 1.165) is 69.3 Å². The Labute approximate surface area is 262 Å². The number of carboxylic acid groups (broad SMARTS) is 1. The molecule has 1 saturated heterocycles. The Morgan fingerprint density at radius 3 is 2.42 bits per heavy atom. The largest absolute Gasteiger partial charge is 0.481 e. The Morgan fingerprint density at radius 1 is 0.953 bits per heavy atom. The zero-order valence-electron chi connectivity index (χ0n) is 27.3. The summed E-state index contributed by atoms with van der Waals surface area (Å²) in [5.41, 5.74) is 8.98. The number of amidine groups is 1. The Bertz CT molecular complexity index is 925. The Balaban J connectivity index is 1.07. The van der Waals surface area contributed by atoms with Gasteiger partial charge >= 0.3 is 5.97 Å². The molecule has 0 atom stereocenters. The molecule has 2 aliphatic heterocycles. The van der Waals surface area contributed by atoms with Crippen LogP contribution in [-0.2, 0) is 4.79 Å². The molecule has 0 amide bonds. The molecule has 8 heteroatoms. The van der Waals surface area contributed by atoms with Crippen LogP contribution in [-0.4, -0.2) is 78.6 Å². The van der Waals surface area contributed by atoms with Crippen molar-refractivity contribution in [1.29, 1.82) is 0 Å². The monoisotopic (exact) mass is 598 g/mol. The van der Waals surface area contributed by atoms with E-state index in [2.05, 4.69) is 33.4 Å². The molecule has 43 heavy (non-hydrogen) atoms. The Kier molecular flexibility index (Phi) is 14.7. The molecule has 4 aliphatic rings. The van der Waals surface area contributed by atoms with Crippen LogP contribution >= 0.6 is 0 Å². The van der Waals surface area contributed by atoms with Crippen molar-refractivity contribution in [2.24, 2.45) is 22.6 Å². The molecule has 0 aromatic heterocycles. The van der Waals surface area contributed by atoms with Gasteiger partial charge in [-0.1, -0.05) is 57.8 Å². The van der Waals surface area contributed by atoms with Crippen LogP contribution in [0.5, 0.6) is 0 Å². The summed E-state index contributed by atoms with van der Waals surface area (Å²) in [5.74, 6) is 2.79. The maximum Gasteiger partial charge on any atom is 0.304 e. The number of rotatable bonds is 15. The number of hydrogen-bond acceptors (Lipinski definition) is 6. The van der Waals surface area contributed by atoms with E-state index >= 15 is 0 Å². The molecule has 4 rings (SSSR count). The number of hydrogen-bond donors (Lipinski definition) is 4. The zero-order chi connectivity index (χ0) is 30.3. The summed E-state index contributed by atoms with van der Waals surface area (Å²) in [5, 5.41) is 16.2. The maximum absolute atomic E-state index is 10.9. The summed E-state index contributed by atoms with van der Waals surface area (Å²) >= 11 is 0. The first kappa shape index (κ1) is 33.8. The summed E-state index contributed by atoms with van der Waals surface area (Å²) < 4.78 is 0. The molecule has 5 N–H and O–H groups in total. The highest BCUT2D eigenvalue weighted by Crippen LogP contribution is 2.29. The fraction of sp³-hybridized carbons (Fsp3) is 0.829. The second kappa shape index (κ2) is 18.7. The normalized spacial score (nSPS) is 25.7. The predicted molar refractivity (Wildman–Crippen MR) is 178 cm³/mol. The van der Waals surface area contributed by atoms with E-state index in [0.29, 0.717) is 12.4 Å². The van der Waals surface area contributed by atoms with Gasteiger partial charge in [-0.25, -0.2) is 0 Å². The second-order valence-electron chi connectivity index (χ2n) is 13.9. The molecule has 244 valence electrons. The number of nitrogens with zero attached hydrogens (tertiary/aromatic N) is 3. The number of allylic oxidation sites excluding steroid dienone is 2. The summed E-state index contributed by atoms with van der Waals surface area (Å²) in [6.45, 7) is 8.48. The van der Waals surface area contributed by atoms with E-state index in [1.807, 2.05) is 0 Å². The molecule has 2 heterocycles. The van der Waals surface area contributed by atoms with Crippen LogP contribution in [0.4, 0.5) is 0 Å². The standard InChI is InChI=1S/C35H62N6O2/c1-28-12-17-34(39-33(36)27-32(28)41-25-23-40(24-26-41)22-19-35(42)43)38-21-18-30-13-15-31(16-14-30)37-20-8-3-2-5-9-29-10-6-4-7-11-29/h27,29-31,37H,2-26,36H2,1H3,(H,38,39)(H,42,43). The van der Waals surface area contributed by atoms with Gasteiger partial charge in [0.05, 0.1) is 6.42 Å². The molecular formula is C35H62N6O2. The lowest BCUT2D eigenvalue weighted by atomic mass is 9.84. The van der Waals surface area contributed by atoms with Gasteiger partial charge < -0.3 is 26.4 Å². The van der Waals surface area contributed by atoms with E-state index < -0.39 is 5.97 Å². The van der Waals surface area contributed by atoms with Gasteiger partial charge in [0.1, 0.15) is 11.7 Å². The molecule has 2 aliphatic carbocycles. The van der Waals surface area contributed by atoms with Crippen LogP contribution in [0.25, 0.3) is 0 Å². The van der Waals surface area contributed by atoms with Gasteiger partial charge in [0.25, 0.3) is 0 Å². The molecule has 0 unspecified atom stereocenters. The molecule has 0 bridgehead atoms. The maximum atomic E-state index is 10.9. The van der Waals surface area contributed by atoms with Crippen LogP contribution in [0, 0.1) is 11.8 Å². The zero-order valence-corrected chi connectivity index (χ0v) is 27.3. The molecule has 0 aromatic carbocycles. The molecular weight excluding hydrogens is 536 g/mol. The van der Waals surface area contributed by atoms with Crippen LogP contribution in [0.1, 0.15) is 122 Å². The third-order valence-corrected chi connectivity index (χ3v) is 10.5. The van der Waals surface area contributed by atoms with Crippen molar-refractivity contribution >= 4 is 11.8 Å². The topological polar surface area (TPSA) is 106 Å². The number of carboxylic acids is 1. The van der Waals surface area contributed by atoms with Gasteiger partial charge in [0.2, 0.25) is 0 Å². The first-order chi connectivity index (χ1) is 21.0. The number of carbonyl (C=O) groups is 1. The minimum Gasteiger partial charge on any atom is -0.481 e. The molecule has 3 fully saturated rings. The van der Waals surface area contributed by atoms with Crippen LogP contribution in [0.15, 0.2) is 28.2 Å². The van der Waals surface area contributed by atoms with Gasteiger partial charge in [-0.05, 0) is 75.8 Å². The molecule has 2 saturated carbocycles. The highest BCUT2D eigenvalue weighted by molar-refractivity contribution is 5.84. The average Bonchev–Trinajstić information content (AvgIpc) is 3.01. The fourth-order valence-electron chi connectivity index (χ4n) is 7.65. The first-order valence-electron chi connectivity index (χ1n) is 17.9. The SMILES string of the molecule is CC1=C(N2CCN(CCC(=O)O)CC2)C=C(N)NC(=NCCC2CCC(NCCCCCCC3CCCCC3)CC2)CC1. The summed E-state index contributed by atoms with van der Waals surface area (Å²) in [7, 11) is 0. The van der Waals surface area contributed by atoms with Crippen molar-refractivity contribution < 1.29 is 9.90 Å². The van der Waals surface area contributed by atoms with Crippen LogP contribution < -0.4 is 16.4 Å².